The number of fused-ring (bicyclic) bond motifs is 1. The SMILES string of the molecule is CCNC(CN(C)C)c1ccc2nc(C)ccc2c1. The van der Waals surface area contributed by atoms with E-state index in [0.29, 0.717) is 6.04 Å². The first-order chi connectivity index (χ1) is 9.10. The van der Waals surface area contributed by atoms with Crippen molar-refractivity contribution in [1.29, 1.82) is 0 Å². The topological polar surface area (TPSA) is 28.2 Å². The normalized spacial score (nSPS) is 13.1. The number of hydrogen-bond acceptors (Lipinski definition) is 3. The van der Waals surface area contributed by atoms with Crippen molar-refractivity contribution < 1.29 is 0 Å². The molecule has 0 aliphatic heterocycles. The number of nitrogens with zero attached hydrogens (tertiary/aromatic N) is 2. The van der Waals surface area contributed by atoms with E-state index in [1.165, 1.54) is 10.9 Å². The first-order valence-corrected chi connectivity index (χ1v) is 6.85. The second-order valence-electron chi connectivity index (χ2n) is 5.28. The molecule has 0 aliphatic rings. The molecule has 19 heavy (non-hydrogen) atoms. The van der Waals surface area contributed by atoms with Crippen molar-refractivity contribution in [3.63, 3.8) is 0 Å². The summed E-state index contributed by atoms with van der Waals surface area (Å²) >= 11 is 0. The molecule has 1 unspecified atom stereocenters. The van der Waals surface area contributed by atoms with E-state index in [1.807, 2.05) is 6.92 Å². The number of rotatable bonds is 5. The number of aromatic nitrogens is 1. The zero-order valence-electron chi connectivity index (χ0n) is 12.3. The summed E-state index contributed by atoms with van der Waals surface area (Å²) < 4.78 is 0. The Morgan fingerprint density at radius 1 is 1.21 bits per heavy atom. The lowest BCUT2D eigenvalue weighted by molar-refractivity contribution is 0.345. The van der Waals surface area contributed by atoms with Crippen LogP contribution in [0.3, 0.4) is 0 Å². The molecule has 0 bridgehead atoms. The van der Waals surface area contributed by atoms with Crippen molar-refractivity contribution in [1.82, 2.24) is 15.2 Å². The first-order valence-electron chi connectivity index (χ1n) is 6.85. The molecule has 1 N–H and O–H groups in total. The highest BCUT2D eigenvalue weighted by molar-refractivity contribution is 5.79. The van der Waals surface area contributed by atoms with Gasteiger partial charge in [-0.15, -0.1) is 0 Å². The molecule has 0 saturated carbocycles. The first kappa shape index (κ1) is 14.0. The van der Waals surface area contributed by atoms with Gasteiger partial charge in [-0.3, -0.25) is 4.98 Å². The third kappa shape index (κ3) is 3.52. The quantitative estimate of drug-likeness (QED) is 0.892. The van der Waals surface area contributed by atoms with Crippen molar-refractivity contribution in [2.75, 3.05) is 27.2 Å². The summed E-state index contributed by atoms with van der Waals surface area (Å²) in [7, 11) is 4.21. The van der Waals surface area contributed by atoms with Crippen molar-refractivity contribution in [3.05, 3.63) is 41.6 Å². The average Bonchev–Trinajstić information content (AvgIpc) is 2.37. The van der Waals surface area contributed by atoms with E-state index in [-0.39, 0.29) is 0 Å². The predicted molar refractivity (Wildman–Crippen MR) is 81.5 cm³/mol. The maximum Gasteiger partial charge on any atom is 0.0705 e. The van der Waals surface area contributed by atoms with E-state index in [2.05, 4.69) is 66.6 Å². The summed E-state index contributed by atoms with van der Waals surface area (Å²) in [6.07, 6.45) is 0. The standard InChI is InChI=1S/C16H23N3/c1-5-17-16(11-19(3)4)14-8-9-15-13(10-14)7-6-12(2)18-15/h6-10,16-17H,5,11H2,1-4H3. The third-order valence-electron chi connectivity index (χ3n) is 3.25. The minimum Gasteiger partial charge on any atom is -0.309 e. The van der Waals surface area contributed by atoms with Crippen LogP contribution in [-0.2, 0) is 0 Å². The molecule has 102 valence electrons. The van der Waals surface area contributed by atoms with Crippen LogP contribution in [0, 0.1) is 6.92 Å². The molecular weight excluding hydrogens is 234 g/mol. The van der Waals surface area contributed by atoms with Gasteiger partial charge in [0.1, 0.15) is 0 Å². The number of benzene rings is 1. The summed E-state index contributed by atoms with van der Waals surface area (Å²) in [5.74, 6) is 0. The number of aryl methyl sites for hydroxylation is 1. The summed E-state index contributed by atoms with van der Waals surface area (Å²) in [5, 5.41) is 4.76. The molecule has 2 rings (SSSR count). The summed E-state index contributed by atoms with van der Waals surface area (Å²) in [6, 6.07) is 11.1. The van der Waals surface area contributed by atoms with Crippen LogP contribution in [0.25, 0.3) is 10.9 Å². The Morgan fingerprint density at radius 2 is 2.00 bits per heavy atom. The minimum absolute atomic E-state index is 0.366. The lowest BCUT2D eigenvalue weighted by atomic mass is 10.0. The van der Waals surface area contributed by atoms with E-state index >= 15 is 0 Å². The van der Waals surface area contributed by atoms with Gasteiger partial charge < -0.3 is 10.2 Å². The van der Waals surface area contributed by atoms with Gasteiger partial charge in [0.2, 0.25) is 0 Å². The molecule has 0 spiro atoms. The number of nitrogens with one attached hydrogen (secondary N) is 1. The van der Waals surface area contributed by atoms with E-state index < -0.39 is 0 Å². The largest absolute Gasteiger partial charge is 0.309 e. The summed E-state index contributed by atoms with van der Waals surface area (Å²) in [5.41, 5.74) is 3.47. The molecular formula is C16H23N3. The fraction of sp³-hybridized carbons (Fsp3) is 0.438. The lowest BCUT2D eigenvalue weighted by Gasteiger charge is -2.22. The van der Waals surface area contributed by atoms with Crippen molar-refractivity contribution in [2.24, 2.45) is 0 Å². The van der Waals surface area contributed by atoms with Crippen LogP contribution < -0.4 is 5.32 Å². The molecule has 0 saturated heterocycles. The molecule has 0 radical (unpaired) electrons. The summed E-state index contributed by atoms with van der Waals surface area (Å²) in [4.78, 5) is 6.77. The number of likely N-dealkylation sites (N-methyl/N-ethyl adjacent to an activating group) is 2. The van der Waals surface area contributed by atoms with Gasteiger partial charge in [-0.05, 0) is 51.3 Å². The number of pyridine rings is 1. The van der Waals surface area contributed by atoms with Gasteiger partial charge >= 0.3 is 0 Å². The molecule has 1 aromatic heterocycles. The van der Waals surface area contributed by atoms with Crippen LogP contribution in [0.1, 0.15) is 24.2 Å². The van der Waals surface area contributed by atoms with Gasteiger partial charge in [-0.2, -0.15) is 0 Å². The molecule has 1 heterocycles. The fourth-order valence-corrected chi connectivity index (χ4v) is 2.36. The molecule has 0 amide bonds. The highest BCUT2D eigenvalue weighted by Gasteiger charge is 2.11. The Labute approximate surface area is 115 Å². The molecule has 3 nitrogen and oxygen atoms in total. The van der Waals surface area contributed by atoms with E-state index in [4.69, 9.17) is 0 Å². The Balaban J connectivity index is 2.34. The maximum atomic E-state index is 4.55. The monoisotopic (exact) mass is 257 g/mol. The van der Waals surface area contributed by atoms with Crippen molar-refractivity contribution in [2.45, 2.75) is 19.9 Å². The highest BCUT2D eigenvalue weighted by atomic mass is 15.1. The predicted octanol–water partition coefficient (Wildman–Crippen LogP) is 2.76. The Kier molecular flexibility index (Phi) is 4.51. The molecule has 2 aromatic rings. The Hall–Kier alpha value is -1.45. The lowest BCUT2D eigenvalue weighted by Crippen LogP contribution is -2.31. The highest BCUT2D eigenvalue weighted by Crippen LogP contribution is 2.20. The van der Waals surface area contributed by atoms with Crippen molar-refractivity contribution >= 4 is 10.9 Å². The van der Waals surface area contributed by atoms with Crippen LogP contribution in [0.4, 0.5) is 0 Å². The van der Waals surface area contributed by atoms with Crippen LogP contribution in [0.2, 0.25) is 0 Å². The van der Waals surface area contributed by atoms with Crippen molar-refractivity contribution in [3.8, 4) is 0 Å². The van der Waals surface area contributed by atoms with Crippen LogP contribution in [0.15, 0.2) is 30.3 Å². The van der Waals surface area contributed by atoms with Gasteiger partial charge in [0.15, 0.2) is 0 Å². The molecule has 1 atom stereocenters. The van der Waals surface area contributed by atoms with Crippen LogP contribution in [0.5, 0.6) is 0 Å². The zero-order valence-corrected chi connectivity index (χ0v) is 12.3. The van der Waals surface area contributed by atoms with Gasteiger partial charge in [0, 0.05) is 23.7 Å². The smallest absolute Gasteiger partial charge is 0.0705 e. The van der Waals surface area contributed by atoms with Gasteiger partial charge in [-0.1, -0.05) is 19.1 Å². The fourth-order valence-electron chi connectivity index (χ4n) is 2.36. The average molecular weight is 257 g/mol. The molecule has 0 fully saturated rings. The Bertz CT molecular complexity index is 549. The van der Waals surface area contributed by atoms with Gasteiger partial charge in [0.05, 0.1) is 5.52 Å². The van der Waals surface area contributed by atoms with E-state index in [0.717, 1.165) is 24.3 Å². The van der Waals surface area contributed by atoms with Gasteiger partial charge in [-0.25, -0.2) is 0 Å². The zero-order chi connectivity index (χ0) is 13.8. The summed E-state index contributed by atoms with van der Waals surface area (Å²) in [6.45, 7) is 6.15. The van der Waals surface area contributed by atoms with E-state index in [1.54, 1.807) is 0 Å². The minimum atomic E-state index is 0.366. The van der Waals surface area contributed by atoms with E-state index in [9.17, 15) is 0 Å². The molecule has 0 aliphatic carbocycles. The third-order valence-corrected chi connectivity index (χ3v) is 3.25. The Morgan fingerprint density at radius 3 is 2.68 bits per heavy atom. The van der Waals surface area contributed by atoms with Crippen LogP contribution in [-0.4, -0.2) is 37.1 Å². The maximum absolute atomic E-state index is 4.55. The number of hydrogen-bond donors (Lipinski definition) is 1. The van der Waals surface area contributed by atoms with Gasteiger partial charge in [0.25, 0.3) is 0 Å². The van der Waals surface area contributed by atoms with Crippen LogP contribution >= 0.6 is 0 Å². The molecule has 1 aromatic carbocycles. The second kappa shape index (κ2) is 6.13. The second-order valence-corrected chi connectivity index (χ2v) is 5.28. The molecule has 3 heteroatoms.